The van der Waals surface area contributed by atoms with Crippen LogP contribution < -0.4 is 11.0 Å². The summed E-state index contributed by atoms with van der Waals surface area (Å²) in [5, 5.41) is 5.94. The Kier molecular flexibility index (Phi) is 4.27. The number of benzene rings is 2. The molecule has 1 amide bonds. The van der Waals surface area contributed by atoms with Crippen LogP contribution in [0.25, 0.3) is 22.0 Å². The Labute approximate surface area is 181 Å². The van der Waals surface area contributed by atoms with Gasteiger partial charge in [0.15, 0.2) is 0 Å². The van der Waals surface area contributed by atoms with Gasteiger partial charge in [0.05, 0.1) is 5.39 Å². The largest absolute Gasteiger partial charge is 0.294 e. The van der Waals surface area contributed by atoms with Gasteiger partial charge in [0.1, 0.15) is 5.69 Å². The molecule has 3 aromatic rings. The number of nitrogens with zero attached hydrogens (tertiary/aromatic N) is 2. The van der Waals surface area contributed by atoms with E-state index in [0.29, 0.717) is 17.5 Å². The zero-order chi connectivity index (χ0) is 21.0. The Hall–Kier alpha value is -2.95. The maximum atomic E-state index is 13.1. The number of hydrogen-bond acceptors (Lipinski definition) is 3. The van der Waals surface area contributed by atoms with Gasteiger partial charge in [0, 0.05) is 17.4 Å². The fraction of sp³-hybridized carbons (Fsp3) is 0.423. The average molecular weight is 414 g/mol. The highest BCUT2D eigenvalue weighted by Gasteiger charge is 2.51. The number of carbonyl (C=O) groups excluding carboxylic acids is 1. The van der Waals surface area contributed by atoms with Crippen LogP contribution in [0.1, 0.15) is 44.9 Å². The van der Waals surface area contributed by atoms with Crippen LogP contribution in [0, 0.1) is 23.2 Å². The first kappa shape index (κ1) is 18.8. The van der Waals surface area contributed by atoms with E-state index in [9.17, 15) is 9.59 Å². The molecule has 2 aromatic carbocycles. The van der Waals surface area contributed by atoms with E-state index in [1.54, 1.807) is 6.07 Å². The molecule has 1 aromatic heterocycles. The molecule has 5 heteroatoms. The molecule has 5 nitrogen and oxygen atoms in total. The molecule has 4 fully saturated rings. The van der Waals surface area contributed by atoms with Crippen molar-refractivity contribution in [2.45, 2.75) is 44.9 Å². The third kappa shape index (κ3) is 3.27. The summed E-state index contributed by atoms with van der Waals surface area (Å²) in [6, 6.07) is 17.3. The Morgan fingerprint density at radius 2 is 1.48 bits per heavy atom. The smallest absolute Gasteiger partial charge is 0.273 e. The first-order valence-electron chi connectivity index (χ1n) is 11.5. The standard InChI is InChI=1S/C26H27N3O2/c30-23(16-26-13-17-10-18(14-26)12-19(11-17)15-26)27-29-25(31)22-9-5-4-8-21(22)24(28-29)20-6-2-1-3-7-20/h1-9,17-19H,10-16H2,(H,27,30). The molecule has 158 valence electrons. The lowest BCUT2D eigenvalue weighted by atomic mass is 9.49. The van der Waals surface area contributed by atoms with Gasteiger partial charge in [0.25, 0.3) is 5.56 Å². The molecule has 0 radical (unpaired) electrons. The van der Waals surface area contributed by atoms with Crippen molar-refractivity contribution in [2.24, 2.45) is 23.2 Å². The van der Waals surface area contributed by atoms with Gasteiger partial charge in [-0.25, -0.2) is 5.43 Å². The summed E-state index contributed by atoms with van der Waals surface area (Å²) in [5.41, 5.74) is 4.30. The fourth-order valence-corrected chi connectivity index (χ4v) is 7.08. The number of carbonyl (C=O) groups is 1. The molecular formula is C26H27N3O2. The van der Waals surface area contributed by atoms with Crippen molar-refractivity contribution >= 4 is 16.7 Å². The summed E-state index contributed by atoms with van der Waals surface area (Å²) >= 11 is 0. The van der Waals surface area contributed by atoms with Gasteiger partial charge < -0.3 is 0 Å². The van der Waals surface area contributed by atoms with Gasteiger partial charge in [-0.3, -0.25) is 9.59 Å². The van der Waals surface area contributed by atoms with E-state index in [-0.39, 0.29) is 16.9 Å². The minimum Gasteiger partial charge on any atom is -0.273 e. The van der Waals surface area contributed by atoms with Gasteiger partial charge in [-0.1, -0.05) is 48.5 Å². The first-order valence-corrected chi connectivity index (χ1v) is 11.5. The van der Waals surface area contributed by atoms with Crippen molar-refractivity contribution in [1.82, 2.24) is 9.89 Å². The third-order valence-corrected chi connectivity index (χ3v) is 7.78. The van der Waals surface area contributed by atoms with E-state index in [0.717, 1.165) is 33.5 Å². The number of amides is 1. The van der Waals surface area contributed by atoms with Crippen LogP contribution in [-0.4, -0.2) is 15.8 Å². The predicted octanol–water partition coefficient (Wildman–Crippen LogP) is 4.74. The van der Waals surface area contributed by atoms with Crippen LogP contribution in [0.3, 0.4) is 0 Å². The van der Waals surface area contributed by atoms with E-state index in [2.05, 4.69) is 10.5 Å². The lowest BCUT2D eigenvalue weighted by Gasteiger charge is -2.56. The maximum Gasteiger partial charge on any atom is 0.294 e. The molecule has 1 heterocycles. The quantitative estimate of drug-likeness (QED) is 0.672. The number of fused-ring (bicyclic) bond motifs is 1. The second-order valence-electron chi connectivity index (χ2n) is 10.1. The fourth-order valence-electron chi connectivity index (χ4n) is 7.08. The summed E-state index contributed by atoms with van der Waals surface area (Å²) in [6.07, 6.45) is 8.07. The van der Waals surface area contributed by atoms with E-state index < -0.39 is 0 Å². The van der Waals surface area contributed by atoms with Gasteiger partial charge in [-0.15, -0.1) is 9.89 Å². The second-order valence-corrected chi connectivity index (χ2v) is 10.1. The van der Waals surface area contributed by atoms with Crippen LogP contribution in [0.4, 0.5) is 0 Å². The molecule has 0 saturated heterocycles. The van der Waals surface area contributed by atoms with Gasteiger partial charge >= 0.3 is 0 Å². The number of nitrogens with one attached hydrogen (secondary N) is 1. The molecule has 0 aliphatic heterocycles. The zero-order valence-corrected chi connectivity index (χ0v) is 17.6. The van der Waals surface area contributed by atoms with Crippen LogP contribution in [0.2, 0.25) is 0 Å². The summed E-state index contributed by atoms with van der Waals surface area (Å²) in [4.78, 5) is 27.4. The summed E-state index contributed by atoms with van der Waals surface area (Å²) < 4.78 is 0. The number of hydrogen-bond donors (Lipinski definition) is 1. The number of aromatic nitrogens is 2. The van der Waals surface area contributed by atoms with Crippen molar-refractivity contribution in [3.8, 4) is 11.3 Å². The van der Waals surface area contributed by atoms with E-state index >= 15 is 0 Å². The Morgan fingerprint density at radius 3 is 2.13 bits per heavy atom. The van der Waals surface area contributed by atoms with Crippen molar-refractivity contribution in [2.75, 3.05) is 5.43 Å². The molecule has 4 aliphatic rings. The highest BCUT2D eigenvalue weighted by atomic mass is 16.2. The van der Waals surface area contributed by atoms with Gasteiger partial charge in [-0.05, 0) is 67.8 Å². The summed E-state index contributed by atoms with van der Waals surface area (Å²) in [7, 11) is 0. The lowest BCUT2D eigenvalue weighted by Crippen LogP contribution is -2.48. The molecule has 7 rings (SSSR count). The molecule has 4 aliphatic carbocycles. The van der Waals surface area contributed by atoms with Gasteiger partial charge in [0.2, 0.25) is 5.91 Å². The molecule has 4 bridgehead atoms. The van der Waals surface area contributed by atoms with E-state index in [4.69, 9.17) is 0 Å². The van der Waals surface area contributed by atoms with Crippen LogP contribution in [0.5, 0.6) is 0 Å². The van der Waals surface area contributed by atoms with Crippen molar-refractivity contribution < 1.29 is 4.79 Å². The SMILES string of the molecule is O=C(CC12CC3CC(CC(C3)C1)C2)Nn1nc(-c2ccccc2)c2ccccc2c1=O. The first-order chi connectivity index (χ1) is 15.1. The molecule has 0 atom stereocenters. The van der Waals surface area contributed by atoms with Crippen LogP contribution >= 0.6 is 0 Å². The van der Waals surface area contributed by atoms with Crippen LogP contribution in [-0.2, 0) is 4.79 Å². The highest BCUT2D eigenvalue weighted by Crippen LogP contribution is 2.61. The monoisotopic (exact) mass is 413 g/mol. The highest BCUT2D eigenvalue weighted by molar-refractivity contribution is 5.94. The molecule has 31 heavy (non-hydrogen) atoms. The number of rotatable bonds is 4. The normalized spacial score (nSPS) is 28.7. The van der Waals surface area contributed by atoms with Crippen molar-refractivity contribution in [1.29, 1.82) is 0 Å². The molecule has 0 unspecified atom stereocenters. The third-order valence-electron chi connectivity index (χ3n) is 7.78. The maximum absolute atomic E-state index is 13.1. The predicted molar refractivity (Wildman–Crippen MR) is 121 cm³/mol. The lowest BCUT2D eigenvalue weighted by molar-refractivity contribution is -0.125. The van der Waals surface area contributed by atoms with Crippen molar-refractivity contribution in [3.63, 3.8) is 0 Å². The van der Waals surface area contributed by atoms with E-state index in [1.807, 2.05) is 48.5 Å². The minimum atomic E-state index is -0.283. The van der Waals surface area contributed by atoms with Crippen molar-refractivity contribution in [3.05, 3.63) is 65.0 Å². The average Bonchev–Trinajstić information content (AvgIpc) is 2.75. The Bertz CT molecular complexity index is 1180. The van der Waals surface area contributed by atoms with E-state index in [1.165, 1.54) is 38.5 Å². The topological polar surface area (TPSA) is 64.0 Å². The molecule has 1 N–H and O–H groups in total. The zero-order valence-electron chi connectivity index (χ0n) is 17.6. The minimum absolute atomic E-state index is 0.0918. The molecule has 4 saturated carbocycles. The summed E-state index contributed by atoms with van der Waals surface area (Å²) in [6.45, 7) is 0. The molecule has 0 spiro atoms. The Morgan fingerprint density at radius 1 is 0.903 bits per heavy atom. The van der Waals surface area contributed by atoms with Crippen LogP contribution in [0.15, 0.2) is 59.4 Å². The summed E-state index contributed by atoms with van der Waals surface area (Å²) in [5.74, 6) is 2.30. The van der Waals surface area contributed by atoms with Gasteiger partial charge in [-0.2, -0.15) is 0 Å². The second kappa shape index (κ2) is 7.04. The Balaban J connectivity index is 1.33. The molecular weight excluding hydrogens is 386 g/mol.